The fourth-order valence-corrected chi connectivity index (χ4v) is 3.71. The lowest BCUT2D eigenvalue weighted by Gasteiger charge is -2.27. The maximum atomic E-state index is 14.2. The van der Waals surface area contributed by atoms with Crippen molar-refractivity contribution in [3.8, 4) is 5.75 Å². The maximum absolute atomic E-state index is 14.2. The van der Waals surface area contributed by atoms with Crippen LogP contribution in [0.1, 0.15) is 55.2 Å². The molecule has 1 aliphatic carbocycles. The van der Waals surface area contributed by atoms with Gasteiger partial charge in [-0.25, -0.2) is 8.78 Å². The first-order valence-corrected chi connectivity index (χ1v) is 9.70. The zero-order chi connectivity index (χ0) is 20.1. The van der Waals surface area contributed by atoms with Crippen LogP contribution in [0.15, 0.2) is 36.4 Å². The van der Waals surface area contributed by atoms with Gasteiger partial charge in [-0.3, -0.25) is 0 Å². The van der Waals surface area contributed by atoms with Crippen LogP contribution in [0.4, 0.5) is 13.2 Å². The molecule has 2 nitrogen and oxygen atoms in total. The van der Waals surface area contributed by atoms with Crippen LogP contribution in [0.3, 0.4) is 0 Å². The van der Waals surface area contributed by atoms with Crippen LogP contribution in [0.25, 0.3) is 6.08 Å². The molecule has 0 aliphatic heterocycles. The molecule has 3 rings (SSSR count). The van der Waals surface area contributed by atoms with Gasteiger partial charge in [0.1, 0.15) is 5.82 Å². The second-order valence-corrected chi connectivity index (χ2v) is 7.26. The van der Waals surface area contributed by atoms with Crippen LogP contribution in [0.2, 0.25) is 0 Å². The Balaban J connectivity index is 1.59. The van der Waals surface area contributed by atoms with Gasteiger partial charge in [-0.2, -0.15) is 4.39 Å². The third-order valence-electron chi connectivity index (χ3n) is 5.42. The molecule has 1 N–H and O–H groups in total. The van der Waals surface area contributed by atoms with E-state index in [1.807, 2.05) is 19.1 Å². The van der Waals surface area contributed by atoms with Gasteiger partial charge in [-0.05, 0) is 68.2 Å². The van der Waals surface area contributed by atoms with Crippen LogP contribution in [0.5, 0.6) is 5.75 Å². The summed E-state index contributed by atoms with van der Waals surface area (Å²) in [6.45, 7) is 2.72. The average Bonchev–Trinajstić information content (AvgIpc) is 2.71. The summed E-state index contributed by atoms with van der Waals surface area (Å²) in [5, 5.41) is 9.19. The first kappa shape index (κ1) is 20.5. The first-order chi connectivity index (χ1) is 13.5. The van der Waals surface area contributed by atoms with E-state index in [4.69, 9.17) is 4.74 Å². The monoisotopic (exact) mass is 390 g/mol. The Morgan fingerprint density at radius 3 is 2.46 bits per heavy atom. The van der Waals surface area contributed by atoms with Crippen LogP contribution in [-0.4, -0.2) is 11.7 Å². The highest BCUT2D eigenvalue weighted by Gasteiger charge is 2.22. The van der Waals surface area contributed by atoms with Gasteiger partial charge in [0.2, 0.25) is 5.82 Å². The molecule has 0 saturated heterocycles. The standard InChI is InChI=1S/C23H25F3O2/c1-2-28-14-19-10-9-18(13-20(19)24)16-6-3-15(4-7-16)5-8-17-11-12-21(27)23(26)22(17)25/h5,8-13,15-16,27H,2-4,6-7,14H2,1H3/b8-5+. The van der Waals surface area contributed by atoms with E-state index < -0.39 is 17.4 Å². The predicted molar refractivity (Wildman–Crippen MR) is 103 cm³/mol. The summed E-state index contributed by atoms with van der Waals surface area (Å²) in [7, 11) is 0. The second-order valence-electron chi connectivity index (χ2n) is 7.26. The smallest absolute Gasteiger partial charge is 0.200 e. The highest BCUT2D eigenvalue weighted by atomic mass is 19.2. The molecule has 0 spiro atoms. The topological polar surface area (TPSA) is 29.5 Å². The summed E-state index contributed by atoms with van der Waals surface area (Å²) in [6.07, 6.45) is 7.14. The molecule has 0 aromatic heterocycles. The van der Waals surface area contributed by atoms with Crippen LogP contribution in [-0.2, 0) is 11.3 Å². The van der Waals surface area contributed by atoms with E-state index in [0.717, 1.165) is 37.3 Å². The lowest BCUT2D eigenvalue weighted by Crippen LogP contribution is -2.12. The van der Waals surface area contributed by atoms with Gasteiger partial charge in [0.15, 0.2) is 11.6 Å². The van der Waals surface area contributed by atoms with Crippen molar-refractivity contribution in [3.05, 3.63) is 70.5 Å². The minimum absolute atomic E-state index is 0.129. The van der Waals surface area contributed by atoms with Gasteiger partial charge in [-0.15, -0.1) is 0 Å². The first-order valence-electron chi connectivity index (χ1n) is 9.70. The largest absolute Gasteiger partial charge is 0.505 e. The molecule has 2 aromatic carbocycles. The van der Waals surface area contributed by atoms with Gasteiger partial charge in [-0.1, -0.05) is 24.3 Å². The molecule has 0 bridgehead atoms. The maximum Gasteiger partial charge on any atom is 0.200 e. The minimum atomic E-state index is -1.22. The van der Waals surface area contributed by atoms with Crippen molar-refractivity contribution in [2.24, 2.45) is 5.92 Å². The summed E-state index contributed by atoms with van der Waals surface area (Å²) in [5.41, 5.74) is 1.71. The van der Waals surface area contributed by atoms with Gasteiger partial charge in [0.25, 0.3) is 0 Å². The molecule has 1 saturated carbocycles. The molecule has 1 fully saturated rings. The zero-order valence-corrected chi connectivity index (χ0v) is 15.9. The fraction of sp³-hybridized carbons (Fsp3) is 0.391. The SMILES string of the molecule is CCOCc1ccc(C2CCC(/C=C/c3ccc(O)c(F)c3F)CC2)cc1F. The normalized spacial score (nSPS) is 20.0. The number of allylic oxidation sites excluding steroid dienone is 1. The molecule has 0 atom stereocenters. The van der Waals surface area contributed by atoms with E-state index in [0.29, 0.717) is 18.1 Å². The number of hydrogen-bond donors (Lipinski definition) is 1. The zero-order valence-electron chi connectivity index (χ0n) is 15.9. The lowest BCUT2D eigenvalue weighted by molar-refractivity contribution is 0.131. The molecule has 0 unspecified atom stereocenters. The van der Waals surface area contributed by atoms with E-state index in [9.17, 15) is 18.3 Å². The minimum Gasteiger partial charge on any atom is -0.505 e. The molecule has 28 heavy (non-hydrogen) atoms. The van der Waals surface area contributed by atoms with Crippen molar-refractivity contribution in [1.82, 2.24) is 0 Å². The van der Waals surface area contributed by atoms with Crippen LogP contribution < -0.4 is 0 Å². The number of phenols is 1. The number of benzene rings is 2. The van der Waals surface area contributed by atoms with Gasteiger partial charge in [0.05, 0.1) is 6.61 Å². The Kier molecular flexibility index (Phi) is 6.79. The molecule has 2 aromatic rings. The Labute approximate surface area is 163 Å². The van der Waals surface area contributed by atoms with Crippen molar-refractivity contribution in [3.63, 3.8) is 0 Å². The molecule has 0 heterocycles. The number of rotatable bonds is 6. The van der Waals surface area contributed by atoms with E-state index in [-0.39, 0.29) is 23.9 Å². The van der Waals surface area contributed by atoms with E-state index >= 15 is 0 Å². The third kappa shape index (κ3) is 4.76. The average molecular weight is 390 g/mol. The van der Waals surface area contributed by atoms with E-state index in [2.05, 4.69) is 0 Å². The number of ether oxygens (including phenoxy) is 1. The predicted octanol–water partition coefficient (Wildman–Crippen LogP) is 6.33. The van der Waals surface area contributed by atoms with Crippen LogP contribution in [0, 0.1) is 23.4 Å². The van der Waals surface area contributed by atoms with Gasteiger partial charge in [0, 0.05) is 17.7 Å². The lowest BCUT2D eigenvalue weighted by atomic mass is 9.78. The van der Waals surface area contributed by atoms with Crippen molar-refractivity contribution < 1.29 is 23.0 Å². The Bertz CT molecular complexity index is 840. The molecular weight excluding hydrogens is 365 g/mol. The number of halogens is 3. The highest BCUT2D eigenvalue weighted by Crippen LogP contribution is 2.37. The molecule has 150 valence electrons. The van der Waals surface area contributed by atoms with Gasteiger partial charge < -0.3 is 9.84 Å². The summed E-state index contributed by atoms with van der Waals surface area (Å²) in [6, 6.07) is 7.91. The molecule has 5 heteroatoms. The number of aromatic hydroxyl groups is 1. The Hall–Kier alpha value is -2.27. The molecule has 1 aliphatic rings. The van der Waals surface area contributed by atoms with Crippen molar-refractivity contribution in [1.29, 1.82) is 0 Å². The Morgan fingerprint density at radius 2 is 1.79 bits per heavy atom. The van der Waals surface area contributed by atoms with E-state index in [1.165, 1.54) is 6.07 Å². The van der Waals surface area contributed by atoms with Crippen molar-refractivity contribution in [2.75, 3.05) is 6.61 Å². The number of hydrogen-bond acceptors (Lipinski definition) is 2. The quantitative estimate of drug-likeness (QED) is 0.624. The molecular formula is C23H25F3O2. The summed E-state index contributed by atoms with van der Waals surface area (Å²) < 4.78 is 46.8. The third-order valence-corrected chi connectivity index (χ3v) is 5.42. The highest BCUT2D eigenvalue weighted by molar-refractivity contribution is 5.52. The van der Waals surface area contributed by atoms with E-state index in [1.54, 1.807) is 18.2 Å². The summed E-state index contributed by atoms with van der Waals surface area (Å²) in [4.78, 5) is 0. The summed E-state index contributed by atoms with van der Waals surface area (Å²) in [5.74, 6) is -2.58. The van der Waals surface area contributed by atoms with Crippen molar-refractivity contribution in [2.45, 2.75) is 45.1 Å². The fourth-order valence-electron chi connectivity index (χ4n) is 3.71. The van der Waals surface area contributed by atoms with Gasteiger partial charge >= 0.3 is 0 Å². The van der Waals surface area contributed by atoms with Crippen molar-refractivity contribution >= 4 is 6.08 Å². The summed E-state index contributed by atoms with van der Waals surface area (Å²) >= 11 is 0. The second kappa shape index (κ2) is 9.28. The molecule has 0 radical (unpaired) electrons. The molecule has 0 amide bonds. The Morgan fingerprint density at radius 1 is 1.04 bits per heavy atom. The number of phenolic OH excluding ortho intramolecular Hbond substituents is 1. The van der Waals surface area contributed by atoms with Crippen LogP contribution >= 0.6 is 0 Å².